The minimum Gasteiger partial charge on any atom is -0.497 e. The number of aryl methyl sites for hydroxylation is 2. The normalized spacial score (nSPS) is 15.4. The number of anilines is 1. The lowest BCUT2D eigenvalue weighted by atomic mass is 9.92. The van der Waals surface area contributed by atoms with E-state index in [9.17, 15) is 4.79 Å². The van der Waals surface area contributed by atoms with E-state index in [1.54, 1.807) is 7.11 Å². The van der Waals surface area contributed by atoms with Gasteiger partial charge in [-0.15, -0.1) is 0 Å². The number of rotatable bonds is 3. The van der Waals surface area contributed by atoms with Crippen molar-refractivity contribution >= 4 is 34.2 Å². The van der Waals surface area contributed by atoms with E-state index >= 15 is 0 Å². The highest BCUT2D eigenvalue weighted by molar-refractivity contribution is 6.31. The maximum Gasteiger partial charge on any atom is 0.322 e. The molecular weight excluding hydrogens is 434 g/mol. The van der Waals surface area contributed by atoms with Crippen LogP contribution in [0.4, 0.5) is 10.5 Å². The Labute approximate surface area is 198 Å². The largest absolute Gasteiger partial charge is 0.497 e. The number of halogens is 1. The van der Waals surface area contributed by atoms with Gasteiger partial charge < -0.3 is 19.9 Å². The first-order valence-corrected chi connectivity index (χ1v) is 11.4. The smallest absolute Gasteiger partial charge is 0.322 e. The van der Waals surface area contributed by atoms with Crippen LogP contribution in [-0.4, -0.2) is 29.6 Å². The molecule has 2 amide bonds. The summed E-state index contributed by atoms with van der Waals surface area (Å²) in [4.78, 5) is 19.1. The van der Waals surface area contributed by atoms with Crippen LogP contribution in [0.25, 0.3) is 10.9 Å². The number of nitrogens with one attached hydrogen (secondary N) is 2. The fraction of sp³-hybridized carbons (Fsp3) is 0.222. The summed E-state index contributed by atoms with van der Waals surface area (Å²) in [6, 6.07) is 19.5. The molecule has 0 spiro atoms. The molecule has 0 saturated carbocycles. The molecule has 33 heavy (non-hydrogen) atoms. The number of fused-ring (bicyclic) bond motifs is 3. The summed E-state index contributed by atoms with van der Waals surface area (Å²) < 4.78 is 5.35. The van der Waals surface area contributed by atoms with Gasteiger partial charge in [0.2, 0.25) is 0 Å². The van der Waals surface area contributed by atoms with Crippen LogP contribution in [-0.2, 0) is 6.42 Å². The number of nitrogens with zero attached hydrogens (tertiary/aromatic N) is 1. The minimum atomic E-state index is -0.254. The van der Waals surface area contributed by atoms with E-state index in [0.717, 1.165) is 51.1 Å². The van der Waals surface area contributed by atoms with Crippen molar-refractivity contribution in [3.05, 3.63) is 93.6 Å². The molecule has 5 rings (SSSR count). The number of aromatic amines is 1. The molecule has 6 heteroatoms. The second-order valence-electron chi connectivity index (χ2n) is 8.57. The topological polar surface area (TPSA) is 57.4 Å². The summed E-state index contributed by atoms with van der Waals surface area (Å²) in [6.07, 6.45) is 0.753. The van der Waals surface area contributed by atoms with E-state index in [0.29, 0.717) is 11.6 Å². The summed E-state index contributed by atoms with van der Waals surface area (Å²) in [6.45, 7) is 4.63. The van der Waals surface area contributed by atoms with Crippen LogP contribution in [0.5, 0.6) is 5.75 Å². The van der Waals surface area contributed by atoms with E-state index in [1.165, 1.54) is 5.56 Å². The van der Waals surface area contributed by atoms with Crippen molar-refractivity contribution in [3.8, 4) is 5.75 Å². The van der Waals surface area contributed by atoms with Gasteiger partial charge in [0, 0.05) is 33.9 Å². The second kappa shape index (κ2) is 8.49. The molecule has 2 heterocycles. The van der Waals surface area contributed by atoms with Gasteiger partial charge in [0.15, 0.2) is 0 Å². The Morgan fingerprint density at radius 2 is 1.88 bits per heavy atom. The van der Waals surface area contributed by atoms with Gasteiger partial charge in [-0.2, -0.15) is 0 Å². The van der Waals surface area contributed by atoms with Crippen molar-refractivity contribution in [1.29, 1.82) is 0 Å². The summed E-state index contributed by atoms with van der Waals surface area (Å²) in [5.41, 5.74) is 7.26. The van der Waals surface area contributed by atoms with Gasteiger partial charge in [0.1, 0.15) is 5.75 Å². The zero-order valence-electron chi connectivity index (χ0n) is 18.9. The van der Waals surface area contributed by atoms with Crippen LogP contribution in [0.2, 0.25) is 5.02 Å². The summed E-state index contributed by atoms with van der Waals surface area (Å²) >= 11 is 6.30. The predicted molar refractivity (Wildman–Crippen MR) is 133 cm³/mol. The predicted octanol–water partition coefficient (Wildman–Crippen LogP) is 6.63. The van der Waals surface area contributed by atoms with Gasteiger partial charge >= 0.3 is 6.03 Å². The highest BCUT2D eigenvalue weighted by atomic mass is 35.5. The number of carbonyl (C=O) groups excluding carboxylic acids is 1. The van der Waals surface area contributed by atoms with Crippen LogP contribution >= 0.6 is 11.6 Å². The number of carbonyl (C=O) groups is 1. The monoisotopic (exact) mass is 459 g/mol. The number of ether oxygens (including phenoxy) is 1. The fourth-order valence-corrected chi connectivity index (χ4v) is 4.84. The maximum absolute atomic E-state index is 13.6. The summed E-state index contributed by atoms with van der Waals surface area (Å²) in [5.74, 6) is 0.782. The number of H-pyrrole nitrogens is 1. The number of amides is 2. The Morgan fingerprint density at radius 1 is 1.09 bits per heavy atom. The number of hydrogen-bond donors (Lipinski definition) is 2. The third-order valence-electron chi connectivity index (χ3n) is 6.42. The third-order valence-corrected chi connectivity index (χ3v) is 6.65. The van der Waals surface area contributed by atoms with E-state index in [4.69, 9.17) is 16.3 Å². The van der Waals surface area contributed by atoms with Crippen molar-refractivity contribution < 1.29 is 9.53 Å². The van der Waals surface area contributed by atoms with Crippen molar-refractivity contribution in [2.24, 2.45) is 0 Å². The van der Waals surface area contributed by atoms with Gasteiger partial charge in [-0.1, -0.05) is 35.9 Å². The van der Waals surface area contributed by atoms with Gasteiger partial charge in [-0.3, -0.25) is 0 Å². The molecule has 0 aliphatic carbocycles. The molecule has 4 aromatic rings. The lowest BCUT2D eigenvalue weighted by molar-refractivity contribution is 0.193. The molecule has 1 aliphatic heterocycles. The first-order chi connectivity index (χ1) is 15.9. The van der Waals surface area contributed by atoms with Crippen LogP contribution in [0.15, 0.2) is 60.7 Å². The van der Waals surface area contributed by atoms with Crippen LogP contribution in [0, 0.1) is 13.8 Å². The summed E-state index contributed by atoms with van der Waals surface area (Å²) in [5, 5.41) is 4.97. The average Bonchev–Trinajstić information content (AvgIpc) is 3.18. The van der Waals surface area contributed by atoms with E-state index in [2.05, 4.69) is 10.3 Å². The number of benzene rings is 3. The number of aromatic nitrogens is 1. The Kier molecular flexibility index (Phi) is 5.51. The maximum atomic E-state index is 13.6. The van der Waals surface area contributed by atoms with Gasteiger partial charge in [-0.25, -0.2) is 4.79 Å². The second-order valence-corrected chi connectivity index (χ2v) is 9.01. The molecule has 1 unspecified atom stereocenters. The standard InChI is InChI=1S/C27H26ClN3O2/c1-16-4-5-17(2)24(14-16)30-27(32)31-13-12-21-22-15-19(28)8-11-23(22)29-25(21)26(31)18-6-9-20(33-3)10-7-18/h4-11,14-15,26,29H,12-13H2,1-3H3,(H,30,32). The van der Waals surface area contributed by atoms with Crippen LogP contribution < -0.4 is 10.1 Å². The Balaban J connectivity index is 1.59. The Hall–Kier alpha value is -3.44. The van der Waals surface area contributed by atoms with Crippen LogP contribution in [0.3, 0.4) is 0 Å². The molecule has 0 saturated heterocycles. The van der Waals surface area contributed by atoms with E-state index in [1.807, 2.05) is 79.4 Å². The quantitative estimate of drug-likeness (QED) is 0.361. The molecular formula is C27H26ClN3O2. The third kappa shape index (κ3) is 3.93. The van der Waals surface area contributed by atoms with Gasteiger partial charge in [-0.05, 0) is 78.9 Å². The van der Waals surface area contributed by atoms with Gasteiger partial charge in [0.25, 0.3) is 0 Å². The lowest BCUT2D eigenvalue weighted by Gasteiger charge is -2.36. The van der Waals surface area contributed by atoms with Crippen molar-refractivity contribution in [3.63, 3.8) is 0 Å². The molecule has 1 aliphatic rings. The molecule has 2 N–H and O–H groups in total. The molecule has 3 aromatic carbocycles. The highest BCUT2D eigenvalue weighted by Crippen LogP contribution is 2.39. The zero-order valence-corrected chi connectivity index (χ0v) is 19.7. The van der Waals surface area contributed by atoms with Crippen molar-refractivity contribution in [2.75, 3.05) is 19.0 Å². The molecule has 1 aromatic heterocycles. The number of methoxy groups -OCH3 is 1. The van der Waals surface area contributed by atoms with Crippen LogP contribution in [0.1, 0.15) is 34.0 Å². The highest BCUT2D eigenvalue weighted by Gasteiger charge is 2.34. The van der Waals surface area contributed by atoms with Crippen molar-refractivity contribution in [1.82, 2.24) is 9.88 Å². The lowest BCUT2D eigenvalue weighted by Crippen LogP contribution is -2.43. The average molecular weight is 460 g/mol. The minimum absolute atomic E-state index is 0.119. The first kappa shape index (κ1) is 21.4. The molecule has 168 valence electrons. The Morgan fingerprint density at radius 3 is 2.64 bits per heavy atom. The van der Waals surface area contributed by atoms with E-state index in [-0.39, 0.29) is 12.1 Å². The summed E-state index contributed by atoms with van der Waals surface area (Å²) in [7, 11) is 1.65. The molecule has 0 radical (unpaired) electrons. The molecule has 1 atom stereocenters. The Bertz CT molecular complexity index is 1340. The molecule has 0 bridgehead atoms. The fourth-order valence-electron chi connectivity index (χ4n) is 4.67. The molecule has 0 fully saturated rings. The van der Waals surface area contributed by atoms with Gasteiger partial charge in [0.05, 0.1) is 13.2 Å². The SMILES string of the molecule is COc1ccc(C2c3[nH]c4ccc(Cl)cc4c3CCN2C(=O)Nc2cc(C)ccc2C)cc1. The molecule has 5 nitrogen and oxygen atoms in total. The number of urea groups is 1. The van der Waals surface area contributed by atoms with Crippen molar-refractivity contribution in [2.45, 2.75) is 26.3 Å². The first-order valence-electron chi connectivity index (χ1n) is 11.0. The number of hydrogen-bond acceptors (Lipinski definition) is 2. The zero-order chi connectivity index (χ0) is 23.1. The van der Waals surface area contributed by atoms with E-state index < -0.39 is 0 Å².